The molecule has 1 saturated heterocycles. The van der Waals surface area contributed by atoms with Gasteiger partial charge < -0.3 is 19.8 Å². The number of hydrogen-bond acceptors (Lipinski definition) is 4. The number of benzene rings is 1. The highest BCUT2D eigenvalue weighted by Gasteiger charge is 2.44. The third-order valence-electron chi connectivity index (χ3n) is 5.92. The van der Waals surface area contributed by atoms with Crippen LogP contribution in [0.25, 0.3) is 0 Å². The number of rotatable bonds is 6. The Morgan fingerprint density at radius 1 is 1.06 bits per heavy atom. The predicted octanol–water partition coefficient (Wildman–Crippen LogP) is 5.45. The summed E-state index contributed by atoms with van der Waals surface area (Å²) in [5.74, 6) is -1.26. The van der Waals surface area contributed by atoms with Gasteiger partial charge in [-0.05, 0) is 30.3 Å². The Bertz CT molecular complexity index is 944. The minimum Gasteiger partial charge on any atom is -0.415 e. The first-order valence-corrected chi connectivity index (χ1v) is 13.2. The number of halogens is 6. The van der Waals surface area contributed by atoms with Crippen LogP contribution in [0, 0.1) is 0 Å². The number of amides is 3. The zero-order valence-electron chi connectivity index (χ0n) is 19.4. The molecule has 0 saturated carbocycles. The van der Waals surface area contributed by atoms with Crippen molar-refractivity contribution < 1.29 is 45.1 Å². The molecule has 192 valence electrons. The van der Waals surface area contributed by atoms with Crippen molar-refractivity contribution >= 4 is 26.1 Å². The molecule has 2 rings (SSSR count). The molecule has 0 spiro atoms. The quantitative estimate of drug-likeness (QED) is 0.404. The smallest absolute Gasteiger partial charge is 0.415 e. The highest BCUT2D eigenvalue weighted by atomic mass is 28.4. The Kier molecular flexibility index (Phi) is 7.58. The molecule has 0 aliphatic carbocycles. The Hall–Kier alpha value is -2.48. The highest BCUT2D eigenvalue weighted by Crippen LogP contribution is 2.46. The van der Waals surface area contributed by atoms with E-state index in [0.29, 0.717) is 11.0 Å². The summed E-state index contributed by atoms with van der Waals surface area (Å²) in [7, 11) is -2.14. The molecule has 1 fully saturated rings. The van der Waals surface area contributed by atoms with E-state index in [9.17, 15) is 35.9 Å². The third kappa shape index (κ3) is 6.14. The second-order valence-corrected chi connectivity index (χ2v) is 14.1. The molecule has 0 radical (unpaired) electrons. The number of anilines is 1. The van der Waals surface area contributed by atoms with Crippen LogP contribution in [0.5, 0.6) is 5.75 Å². The number of urea groups is 1. The van der Waals surface area contributed by atoms with Gasteiger partial charge in [0.25, 0.3) is 0 Å². The first kappa shape index (κ1) is 27.8. The molecule has 3 amide bonds. The molecule has 2 N–H and O–H groups in total. The summed E-state index contributed by atoms with van der Waals surface area (Å²) in [5, 5.41) is -0.0961. The van der Waals surface area contributed by atoms with Crippen LogP contribution >= 0.6 is 0 Å². The van der Waals surface area contributed by atoms with Gasteiger partial charge in [0.2, 0.25) is 0 Å². The van der Waals surface area contributed by atoms with E-state index in [0.717, 1.165) is 0 Å². The van der Waals surface area contributed by atoms with Crippen molar-refractivity contribution in [2.75, 3.05) is 31.1 Å². The monoisotopic (exact) mass is 515 g/mol. The topological polar surface area (TPSA) is 85.1 Å². The van der Waals surface area contributed by atoms with Crippen LogP contribution in [0.4, 0.5) is 41.6 Å². The van der Waals surface area contributed by atoms with E-state index in [1.807, 2.05) is 33.9 Å². The van der Waals surface area contributed by atoms with Crippen molar-refractivity contribution in [1.82, 2.24) is 4.90 Å². The lowest BCUT2D eigenvalue weighted by atomic mass is 10.1. The molecule has 34 heavy (non-hydrogen) atoms. The van der Waals surface area contributed by atoms with Crippen LogP contribution in [0.1, 0.15) is 31.9 Å². The molecule has 0 aromatic heterocycles. The number of ether oxygens (including phenoxy) is 1. The average molecular weight is 516 g/mol. The summed E-state index contributed by atoms with van der Waals surface area (Å²) >= 11 is 0. The molecular weight excluding hydrogens is 488 g/mol. The lowest BCUT2D eigenvalue weighted by molar-refractivity contribution is -0.143. The van der Waals surface area contributed by atoms with E-state index in [1.165, 1.54) is 4.90 Å². The maximum Gasteiger partial charge on any atom is 0.420 e. The minimum absolute atomic E-state index is 0.0211. The summed E-state index contributed by atoms with van der Waals surface area (Å²) in [4.78, 5) is 26.1. The second-order valence-electron chi connectivity index (χ2n) is 9.32. The van der Waals surface area contributed by atoms with Gasteiger partial charge >= 0.3 is 24.5 Å². The fourth-order valence-corrected chi connectivity index (χ4v) is 4.07. The van der Waals surface area contributed by atoms with E-state index in [-0.39, 0.29) is 37.3 Å². The lowest BCUT2D eigenvalue weighted by Gasteiger charge is -2.36. The van der Waals surface area contributed by atoms with Crippen molar-refractivity contribution in [3.8, 4) is 5.75 Å². The molecule has 1 aromatic rings. The van der Waals surface area contributed by atoms with E-state index in [2.05, 4.69) is 4.74 Å². The van der Waals surface area contributed by atoms with Gasteiger partial charge in [-0.15, -0.1) is 0 Å². The first-order valence-electron chi connectivity index (χ1n) is 10.3. The highest BCUT2D eigenvalue weighted by molar-refractivity contribution is 6.74. The van der Waals surface area contributed by atoms with E-state index in [1.54, 1.807) is 0 Å². The Balaban J connectivity index is 2.40. The summed E-state index contributed by atoms with van der Waals surface area (Å²) in [6.07, 6.45) is -12.1. The molecule has 1 aliphatic rings. The number of nitrogens with two attached hydrogens (primary N) is 1. The molecule has 14 heteroatoms. The van der Waals surface area contributed by atoms with Gasteiger partial charge in [-0.25, -0.2) is 9.59 Å². The summed E-state index contributed by atoms with van der Waals surface area (Å²) in [6.45, 7) is 10.1. The SMILES string of the molecule is CC(C)(C)[Si](C)(C)OCCN1CCN(c2cc(C(F)(F)F)cc(C(F)(F)F)c2OC(N)=O)C1=O. The van der Waals surface area contributed by atoms with Crippen molar-refractivity contribution in [2.45, 2.75) is 51.3 Å². The number of primary amides is 1. The summed E-state index contributed by atoms with van der Waals surface area (Å²) < 4.78 is 91.1. The molecule has 1 aromatic carbocycles. The fraction of sp³-hybridized carbons (Fsp3) is 0.600. The summed E-state index contributed by atoms with van der Waals surface area (Å²) in [5.41, 5.74) is 0.481. The summed E-state index contributed by atoms with van der Waals surface area (Å²) in [6, 6.07) is -0.700. The molecule has 1 aliphatic heterocycles. The Morgan fingerprint density at radius 2 is 1.65 bits per heavy atom. The van der Waals surface area contributed by atoms with E-state index >= 15 is 0 Å². The van der Waals surface area contributed by atoms with Crippen LogP contribution in [0.2, 0.25) is 18.1 Å². The number of alkyl halides is 6. The van der Waals surface area contributed by atoms with Gasteiger partial charge in [-0.1, -0.05) is 20.8 Å². The van der Waals surface area contributed by atoms with Gasteiger partial charge in [0.1, 0.15) is 5.56 Å². The van der Waals surface area contributed by atoms with Crippen LogP contribution in [-0.4, -0.2) is 51.6 Å². The number of carbonyl (C=O) groups is 2. The van der Waals surface area contributed by atoms with Crippen molar-refractivity contribution in [3.05, 3.63) is 23.3 Å². The van der Waals surface area contributed by atoms with Crippen LogP contribution in [0.3, 0.4) is 0 Å². The number of hydrogen-bond donors (Lipinski definition) is 1. The number of nitrogens with zero attached hydrogens (tertiary/aromatic N) is 2. The van der Waals surface area contributed by atoms with Crippen LogP contribution in [0.15, 0.2) is 12.1 Å². The van der Waals surface area contributed by atoms with Gasteiger partial charge in [0.05, 0.1) is 17.9 Å². The molecular formula is C20H27F6N3O4Si. The van der Waals surface area contributed by atoms with E-state index < -0.39 is 55.4 Å². The zero-order valence-corrected chi connectivity index (χ0v) is 20.4. The van der Waals surface area contributed by atoms with Crippen LogP contribution < -0.4 is 15.4 Å². The standard InChI is InChI=1S/C20H27F6N3O4Si/c1-18(2,3)34(4,5)32-9-8-28-6-7-29(17(28)31)14-11-12(19(21,22)23)10-13(20(24,25)26)15(14)33-16(27)30/h10-11H,6-9H2,1-5H3,(H2,27,30). The van der Waals surface area contributed by atoms with Crippen molar-refractivity contribution in [3.63, 3.8) is 0 Å². The largest absolute Gasteiger partial charge is 0.420 e. The average Bonchev–Trinajstić information content (AvgIpc) is 2.99. The Labute approximate surface area is 193 Å². The first-order chi connectivity index (χ1) is 15.3. The molecule has 7 nitrogen and oxygen atoms in total. The lowest BCUT2D eigenvalue weighted by Crippen LogP contribution is -2.43. The molecule has 0 bridgehead atoms. The van der Waals surface area contributed by atoms with Crippen molar-refractivity contribution in [2.24, 2.45) is 5.73 Å². The number of carbonyl (C=O) groups excluding carboxylic acids is 2. The fourth-order valence-electron chi connectivity index (χ4n) is 3.04. The van der Waals surface area contributed by atoms with Crippen molar-refractivity contribution in [1.29, 1.82) is 0 Å². The Morgan fingerprint density at radius 3 is 2.12 bits per heavy atom. The maximum absolute atomic E-state index is 13.6. The maximum atomic E-state index is 13.6. The zero-order chi connectivity index (χ0) is 26.3. The molecule has 0 unspecified atom stereocenters. The predicted molar refractivity (Wildman–Crippen MR) is 114 cm³/mol. The minimum atomic E-state index is -5.32. The van der Waals surface area contributed by atoms with Gasteiger partial charge in [0.15, 0.2) is 14.1 Å². The second kappa shape index (κ2) is 9.28. The third-order valence-corrected chi connectivity index (χ3v) is 10.5. The van der Waals surface area contributed by atoms with Gasteiger partial charge in [-0.3, -0.25) is 4.90 Å². The van der Waals surface area contributed by atoms with E-state index in [4.69, 9.17) is 10.2 Å². The normalized spacial score (nSPS) is 15.8. The molecule has 0 atom stereocenters. The van der Waals surface area contributed by atoms with Gasteiger partial charge in [-0.2, -0.15) is 26.3 Å². The van der Waals surface area contributed by atoms with Crippen LogP contribution in [-0.2, 0) is 16.8 Å². The molecule has 1 heterocycles. The van der Waals surface area contributed by atoms with Gasteiger partial charge in [0, 0.05) is 19.6 Å².